The SMILES string of the molecule is CC(C)(C)c1cc(NC(=O)[C@@H]2CCCN2Cc2ccc(Cl)cc2)on1.CC(C)(C)c1cc(NC(=O)[C@@H]2CCCN2Cc2ccc(F)c(F)c2)on1.CC(C)(C)c1cc(NC(=O)[C@@H]2CCCN2Cc2ccc(F)cc2)on1.CC(C)(C)c1cc(NC(=O)[C@@H]2CCCN2Cc2ccc(OC(F)F)cc2)on1.CC(C)(C)c1cc(NC(=O)[C@@H]2C[C@H](O)CN2C2CCOCC2)on1. The number of likely N-dealkylation sites (tertiary alicyclic amines) is 5. The monoisotopic (exact) mass is 1800 g/mol. The normalized spacial score (nSPS) is 19.8. The van der Waals surface area contributed by atoms with Gasteiger partial charge in [-0.25, -0.2) is 13.2 Å². The summed E-state index contributed by atoms with van der Waals surface area (Å²) in [5, 5.41) is 45.0. The summed E-state index contributed by atoms with van der Waals surface area (Å²) in [4.78, 5) is 73.8. The number of ether oxygens (including phenoxy) is 2. The molecule has 6 atom stereocenters. The van der Waals surface area contributed by atoms with Crippen molar-refractivity contribution < 1.29 is 83.1 Å². The summed E-state index contributed by atoms with van der Waals surface area (Å²) in [7, 11) is 0. The molecule has 6 fully saturated rings. The Balaban J connectivity index is 0.000000155. The first-order chi connectivity index (χ1) is 60.4. The van der Waals surface area contributed by atoms with Gasteiger partial charge in [-0.2, -0.15) is 8.78 Å². The number of nitrogens with one attached hydrogen (secondary N) is 5. The second-order valence-corrected chi connectivity index (χ2v) is 39.0. The highest BCUT2D eigenvalue weighted by molar-refractivity contribution is 6.30. The zero-order valence-corrected chi connectivity index (χ0v) is 76.6. The molecule has 0 unspecified atom stereocenters. The molecule has 0 aliphatic carbocycles. The van der Waals surface area contributed by atoms with Gasteiger partial charge in [-0.3, -0.25) is 75.1 Å². The number of carbonyl (C=O) groups excluding carboxylic acids is 5. The molecular weight excluding hydrogens is 1680 g/mol. The molecule has 11 heterocycles. The summed E-state index contributed by atoms with van der Waals surface area (Å²) in [5.74, 6) is -0.648. The summed E-state index contributed by atoms with van der Waals surface area (Å²) in [6.07, 6.45) is 8.62. The predicted molar refractivity (Wildman–Crippen MR) is 475 cm³/mol. The van der Waals surface area contributed by atoms with Crippen LogP contribution >= 0.6 is 11.6 Å². The molecule has 5 amide bonds. The van der Waals surface area contributed by atoms with Crippen molar-refractivity contribution in [1.29, 1.82) is 0 Å². The molecule has 34 heteroatoms. The molecule has 6 saturated heterocycles. The van der Waals surface area contributed by atoms with E-state index in [1.807, 2.05) is 112 Å². The topological polar surface area (TPSA) is 331 Å². The van der Waals surface area contributed by atoms with Gasteiger partial charge in [0.25, 0.3) is 0 Å². The van der Waals surface area contributed by atoms with Crippen LogP contribution < -0.4 is 31.3 Å². The first kappa shape index (κ1) is 98.3. The van der Waals surface area contributed by atoms with Gasteiger partial charge in [0.1, 0.15) is 11.6 Å². The van der Waals surface area contributed by atoms with Gasteiger partial charge < -0.3 is 37.2 Å². The van der Waals surface area contributed by atoms with Crippen molar-refractivity contribution in [2.75, 3.05) is 72.5 Å². The zero-order valence-electron chi connectivity index (χ0n) is 75.8. The van der Waals surface area contributed by atoms with E-state index in [4.69, 9.17) is 39.0 Å². The number of alkyl halides is 2. The Morgan fingerprint density at radius 3 is 1.02 bits per heavy atom. The van der Waals surface area contributed by atoms with Crippen molar-refractivity contribution in [3.8, 4) is 5.75 Å². The third kappa shape index (κ3) is 28.4. The molecule has 6 N–H and O–H groups in total. The Kier molecular flexibility index (Phi) is 33.4. The minimum absolute atomic E-state index is 0.0388. The third-order valence-corrected chi connectivity index (χ3v) is 23.3. The Bertz CT molecular complexity index is 4970. The molecule has 6 aliphatic heterocycles. The number of benzene rings is 4. The lowest BCUT2D eigenvalue weighted by molar-refractivity contribution is -0.122. The van der Waals surface area contributed by atoms with E-state index in [1.54, 1.807) is 54.6 Å². The minimum Gasteiger partial charge on any atom is -0.435 e. The molecule has 128 heavy (non-hydrogen) atoms. The first-order valence-corrected chi connectivity index (χ1v) is 44.2. The fourth-order valence-corrected chi connectivity index (χ4v) is 15.9. The third-order valence-electron chi connectivity index (χ3n) is 23.1. The first-order valence-electron chi connectivity index (χ1n) is 43.8. The summed E-state index contributed by atoms with van der Waals surface area (Å²) >= 11 is 5.94. The van der Waals surface area contributed by atoms with Gasteiger partial charge in [0.2, 0.25) is 59.0 Å². The van der Waals surface area contributed by atoms with Crippen LogP contribution in [0.1, 0.15) is 225 Å². The second-order valence-electron chi connectivity index (χ2n) is 38.6. The molecule has 694 valence electrons. The number of carbonyl (C=O) groups is 5. The van der Waals surface area contributed by atoms with Crippen LogP contribution in [0.2, 0.25) is 5.02 Å². The van der Waals surface area contributed by atoms with Crippen LogP contribution in [0.3, 0.4) is 0 Å². The molecule has 5 aromatic heterocycles. The lowest BCUT2D eigenvalue weighted by Gasteiger charge is -2.34. The second kappa shape index (κ2) is 43.4. The van der Waals surface area contributed by atoms with Crippen LogP contribution in [0.5, 0.6) is 5.75 Å². The average molecular weight is 1800 g/mol. The fourth-order valence-electron chi connectivity index (χ4n) is 15.8. The number of aliphatic hydroxyl groups is 1. The highest BCUT2D eigenvalue weighted by Crippen LogP contribution is 2.35. The summed E-state index contributed by atoms with van der Waals surface area (Å²) < 4.78 is 100.0. The van der Waals surface area contributed by atoms with E-state index in [-0.39, 0.29) is 104 Å². The van der Waals surface area contributed by atoms with E-state index >= 15 is 0 Å². The van der Waals surface area contributed by atoms with Crippen LogP contribution in [0.15, 0.2) is 144 Å². The van der Waals surface area contributed by atoms with E-state index in [0.717, 1.165) is 147 Å². The number of amides is 5. The number of hydrogen-bond acceptors (Lipinski definition) is 23. The van der Waals surface area contributed by atoms with Gasteiger partial charge in [-0.05, 0) is 168 Å². The molecular formula is C94H123ClF5N15O13. The summed E-state index contributed by atoms with van der Waals surface area (Å²) in [6.45, 7) is 35.2. The lowest BCUT2D eigenvalue weighted by Crippen LogP contribution is -2.47. The predicted octanol–water partition coefficient (Wildman–Crippen LogP) is 17.5. The van der Waals surface area contributed by atoms with Crippen molar-refractivity contribution in [2.45, 2.75) is 277 Å². The standard InChI is InChI=1S/C20H25F2N3O3.C19H24ClN3O2.C19H23F2N3O2.C19H24FN3O2.C17H27N3O4/c1-20(2,3)16-11-17(28-24-16)23-18(26)15-5-4-10-25(15)12-13-6-8-14(9-7-13)27-19(21)22;1-19(2,3)16-11-17(25-22-16)21-18(24)15-5-4-10-23(15)12-13-6-8-14(20)9-7-13;1-19(2,3)16-10-17(26-23-16)22-18(25)15-5-4-8-24(15)11-12-6-7-13(20)14(21)9-12;1-19(2,3)16-11-17(25-22-16)21-18(24)15-5-4-10-23(15)12-13-6-8-14(20)9-7-13;1-17(2,3)14-9-15(24-19-14)18-16(22)13-8-12(21)10-20(13)11-4-6-23-7-5-11/h6-9,11,15,19H,4-5,10,12H2,1-3H3,(H,23,26);6-9,11,15H,4-5,10,12H2,1-3H3,(H,21,24);6-7,9-10,15H,4-5,8,11H2,1-3H3,(H,22,25);6-9,11,15H,4-5,10,12H2,1-3H3,(H,21,24);9,11-13,21H,4-8,10H2,1-3H3,(H,18,22)/t4*15-;12-,13-/m00000/s1. The van der Waals surface area contributed by atoms with Gasteiger partial charge in [0, 0.05) is 114 Å². The maximum atomic E-state index is 13.4. The van der Waals surface area contributed by atoms with Crippen molar-refractivity contribution in [2.24, 2.45) is 0 Å². The van der Waals surface area contributed by atoms with Gasteiger partial charge in [0.15, 0.2) is 11.6 Å². The molecule has 9 aromatic rings. The van der Waals surface area contributed by atoms with Gasteiger partial charge >= 0.3 is 6.61 Å². The molecule has 4 aromatic carbocycles. The van der Waals surface area contributed by atoms with Crippen LogP contribution in [0.25, 0.3) is 0 Å². The average Bonchev–Trinajstić information content (AvgIpc) is 1.66. The maximum Gasteiger partial charge on any atom is 0.387 e. The zero-order chi connectivity index (χ0) is 92.6. The lowest BCUT2D eigenvalue weighted by atomic mass is 9.92. The molecule has 0 saturated carbocycles. The summed E-state index contributed by atoms with van der Waals surface area (Å²) in [5.41, 5.74) is 6.97. The maximum absolute atomic E-state index is 13.4. The Labute approximate surface area is 749 Å². The minimum atomic E-state index is -2.84. The van der Waals surface area contributed by atoms with Crippen LogP contribution in [-0.2, 0) is 82.0 Å². The van der Waals surface area contributed by atoms with E-state index < -0.39 is 24.3 Å². The highest BCUT2D eigenvalue weighted by Gasteiger charge is 2.42. The van der Waals surface area contributed by atoms with Crippen molar-refractivity contribution >= 4 is 70.6 Å². The Morgan fingerprint density at radius 2 is 0.711 bits per heavy atom. The molecule has 6 aliphatic rings. The van der Waals surface area contributed by atoms with Crippen LogP contribution in [-0.4, -0.2) is 180 Å². The molecule has 0 bridgehead atoms. The van der Waals surface area contributed by atoms with E-state index in [9.17, 15) is 51.0 Å². The molecule has 15 rings (SSSR count). The van der Waals surface area contributed by atoms with Gasteiger partial charge in [-0.1, -0.05) is 184 Å². The van der Waals surface area contributed by atoms with Crippen molar-refractivity contribution in [3.05, 3.63) is 195 Å². The number of rotatable bonds is 21. The van der Waals surface area contributed by atoms with Gasteiger partial charge in [-0.15, -0.1) is 0 Å². The fraction of sp³-hybridized carbons (Fsp3) is 0.532. The number of hydrogen-bond donors (Lipinski definition) is 6. The molecule has 28 nitrogen and oxygen atoms in total. The number of halogens is 6. The highest BCUT2D eigenvalue weighted by atomic mass is 35.5. The largest absolute Gasteiger partial charge is 0.435 e. The van der Waals surface area contributed by atoms with E-state index in [0.29, 0.717) is 87.2 Å². The Hall–Kier alpha value is -10.3. The van der Waals surface area contributed by atoms with Crippen molar-refractivity contribution in [3.63, 3.8) is 0 Å². The number of anilines is 5. The van der Waals surface area contributed by atoms with Gasteiger partial charge in [0.05, 0.1) is 64.8 Å². The smallest absolute Gasteiger partial charge is 0.387 e. The van der Waals surface area contributed by atoms with Crippen LogP contribution in [0, 0.1) is 17.5 Å². The Morgan fingerprint density at radius 1 is 0.414 bits per heavy atom. The summed E-state index contributed by atoms with van der Waals surface area (Å²) in [6, 6.07) is 32.3. The van der Waals surface area contributed by atoms with E-state index in [2.05, 4.69) is 97.5 Å². The molecule has 0 radical (unpaired) electrons. The number of aromatic nitrogens is 5. The van der Waals surface area contributed by atoms with Crippen molar-refractivity contribution in [1.82, 2.24) is 50.3 Å². The quantitative estimate of drug-likeness (QED) is 0.0364. The number of β-amino-alcohol motifs (C(OH)–C–C–N with tert-alkyl or cyclic N) is 1. The number of nitrogens with zero attached hydrogens (tertiary/aromatic N) is 10. The number of aliphatic hydroxyl groups excluding tert-OH is 1. The molecule has 0 spiro atoms. The van der Waals surface area contributed by atoms with E-state index in [1.165, 1.54) is 36.4 Å². The van der Waals surface area contributed by atoms with Crippen LogP contribution in [0.4, 0.5) is 51.4 Å².